The lowest BCUT2D eigenvalue weighted by atomic mass is 10.2. The Morgan fingerprint density at radius 1 is 1.56 bits per heavy atom. The van der Waals surface area contributed by atoms with Gasteiger partial charge in [-0.25, -0.2) is 10.1 Å². The average Bonchev–Trinajstić information content (AvgIpc) is 2.60. The van der Waals surface area contributed by atoms with Crippen LogP contribution in [0.4, 0.5) is 0 Å². The van der Waals surface area contributed by atoms with Crippen molar-refractivity contribution in [3.63, 3.8) is 0 Å². The summed E-state index contributed by atoms with van der Waals surface area (Å²) in [6, 6.07) is 4.82. The van der Waals surface area contributed by atoms with E-state index >= 15 is 0 Å². The van der Waals surface area contributed by atoms with Crippen LogP contribution in [-0.2, 0) is 0 Å². The summed E-state index contributed by atoms with van der Waals surface area (Å²) in [5.74, 6) is 0.789. The van der Waals surface area contributed by atoms with E-state index in [1.165, 1.54) is 0 Å². The first-order chi connectivity index (χ1) is 7.66. The van der Waals surface area contributed by atoms with Gasteiger partial charge < -0.3 is 5.32 Å². The molecule has 0 fully saturated rings. The molecule has 0 aromatic carbocycles. The van der Waals surface area contributed by atoms with Crippen LogP contribution < -0.4 is 5.32 Å². The second kappa shape index (κ2) is 4.05. The second-order valence-corrected chi connectivity index (χ2v) is 3.22. The third kappa shape index (κ3) is 2.02. The monoisotopic (exact) mass is 219 g/mol. The van der Waals surface area contributed by atoms with Gasteiger partial charge in [-0.3, -0.25) is 9.98 Å². The van der Waals surface area contributed by atoms with Crippen LogP contribution in [0, 0.1) is 10.1 Å². The predicted molar refractivity (Wildman–Crippen MR) is 57.7 cm³/mol. The predicted octanol–water partition coefficient (Wildman–Crippen LogP) is 0.734. The minimum atomic E-state index is -0.744. The first-order valence-electron chi connectivity index (χ1n) is 4.62. The van der Waals surface area contributed by atoms with Crippen LogP contribution in [0.3, 0.4) is 0 Å². The molecule has 1 aliphatic heterocycles. The van der Waals surface area contributed by atoms with Crippen molar-refractivity contribution in [3.8, 4) is 0 Å². The number of nitrogens with zero attached hydrogens (tertiary/aromatic N) is 4. The molecule has 2 rings (SSSR count). The standard InChI is InChI=1S/C9H9N5O2/c1-6-11-8(7-4-2-3-5-10-7)9(12-6)13-14(15)16/h2-5,8H,1H3,(H,11,12,13). The van der Waals surface area contributed by atoms with E-state index in [9.17, 15) is 10.1 Å². The number of pyridine rings is 1. The summed E-state index contributed by atoms with van der Waals surface area (Å²) in [4.78, 5) is 18.6. The molecule has 1 N–H and O–H groups in total. The van der Waals surface area contributed by atoms with Gasteiger partial charge in [-0.2, -0.15) is 0 Å². The molecule has 0 saturated heterocycles. The Kier molecular flexibility index (Phi) is 2.59. The molecule has 2 heterocycles. The largest absolute Gasteiger partial charge is 0.325 e. The van der Waals surface area contributed by atoms with Gasteiger partial charge >= 0.3 is 0 Å². The van der Waals surface area contributed by atoms with Crippen molar-refractivity contribution in [2.75, 3.05) is 0 Å². The second-order valence-electron chi connectivity index (χ2n) is 3.22. The number of hydrogen-bond donors (Lipinski definition) is 1. The van der Waals surface area contributed by atoms with Gasteiger partial charge in [0.25, 0.3) is 0 Å². The number of nitrogens with one attached hydrogen (secondary N) is 1. The zero-order valence-corrected chi connectivity index (χ0v) is 8.49. The quantitative estimate of drug-likeness (QED) is 0.586. The molecule has 7 nitrogen and oxygen atoms in total. The highest BCUT2D eigenvalue weighted by Crippen LogP contribution is 2.19. The van der Waals surface area contributed by atoms with Crippen molar-refractivity contribution in [1.29, 1.82) is 0 Å². The van der Waals surface area contributed by atoms with Crippen LogP contribution in [0.5, 0.6) is 0 Å². The maximum atomic E-state index is 10.3. The molecular weight excluding hydrogens is 210 g/mol. The number of aliphatic imine (C=N–C) groups is 1. The van der Waals surface area contributed by atoms with Crippen molar-refractivity contribution < 1.29 is 5.03 Å². The van der Waals surface area contributed by atoms with E-state index in [1.54, 1.807) is 31.3 Å². The van der Waals surface area contributed by atoms with Gasteiger partial charge in [0, 0.05) is 6.20 Å². The van der Waals surface area contributed by atoms with E-state index in [0.29, 0.717) is 11.5 Å². The highest BCUT2D eigenvalue weighted by molar-refractivity contribution is 6.07. The Morgan fingerprint density at radius 2 is 2.38 bits per heavy atom. The fourth-order valence-electron chi connectivity index (χ4n) is 1.45. The Bertz CT molecular complexity index is 468. The SMILES string of the molecule is CC1=NC(c2ccccn2)C(=N[N+](=O)[O-])N1. The molecular formula is C9H9N5O2. The van der Waals surface area contributed by atoms with Gasteiger partial charge in [0.1, 0.15) is 5.84 Å². The van der Waals surface area contributed by atoms with Gasteiger partial charge in [0.05, 0.1) is 10.8 Å². The molecule has 0 spiro atoms. The Balaban J connectivity index is 2.35. The first-order valence-corrected chi connectivity index (χ1v) is 4.62. The lowest BCUT2D eigenvalue weighted by Gasteiger charge is -2.04. The summed E-state index contributed by atoms with van der Waals surface area (Å²) in [5.41, 5.74) is 0.632. The zero-order valence-electron chi connectivity index (χ0n) is 8.49. The van der Waals surface area contributed by atoms with E-state index in [2.05, 4.69) is 20.4 Å². The minimum absolute atomic E-state index is 0.196. The molecule has 7 heteroatoms. The maximum absolute atomic E-state index is 10.3. The third-order valence-corrected chi connectivity index (χ3v) is 2.05. The summed E-state index contributed by atoms with van der Waals surface area (Å²) in [7, 11) is 0. The summed E-state index contributed by atoms with van der Waals surface area (Å²) in [5, 5.41) is 15.6. The van der Waals surface area contributed by atoms with Crippen LogP contribution >= 0.6 is 0 Å². The van der Waals surface area contributed by atoms with Crippen molar-refractivity contribution in [2.24, 2.45) is 10.1 Å². The fourth-order valence-corrected chi connectivity index (χ4v) is 1.45. The van der Waals surface area contributed by atoms with E-state index in [0.717, 1.165) is 0 Å². The molecule has 0 radical (unpaired) electrons. The average molecular weight is 219 g/mol. The van der Waals surface area contributed by atoms with Crippen LogP contribution in [0.2, 0.25) is 0 Å². The van der Waals surface area contributed by atoms with Crippen molar-refractivity contribution in [1.82, 2.24) is 10.3 Å². The number of hydrazone groups is 1. The van der Waals surface area contributed by atoms with E-state index in [1.807, 2.05) is 0 Å². The lowest BCUT2D eigenvalue weighted by Crippen LogP contribution is -2.25. The zero-order chi connectivity index (χ0) is 11.5. The van der Waals surface area contributed by atoms with Crippen LogP contribution in [-0.4, -0.2) is 21.7 Å². The van der Waals surface area contributed by atoms with Crippen LogP contribution in [0.1, 0.15) is 18.7 Å². The molecule has 0 aliphatic carbocycles. The first kappa shape index (κ1) is 10.2. The molecule has 1 atom stereocenters. The Hall–Kier alpha value is -2.31. The highest BCUT2D eigenvalue weighted by Gasteiger charge is 2.27. The van der Waals surface area contributed by atoms with Gasteiger partial charge in [-0.15, -0.1) is 0 Å². The maximum Gasteiger partial charge on any atom is 0.213 e. The van der Waals surface area contributed by atoms with Gasteiger partial charge in [0.15, 0.2) is 11.1 Å². The number of hydrogen-bond acceptors (Lipinski definition) is 4. The lowest BCUT2D eigenvalue weighted by molar-refractivity contribution is -0.485. The molecule has 1 aliphatic rings. The topological polar surface area (TPSA) is 92.8 Å². The summed E-state index contributed by atoms with van der Waals surface area (Å²) >= 11 is 0. The van der Waals surface area contributed by atoms with Crippen molar-refractivity contribution >= 4 is 11.7 Å². The minimum Gasteiger partial charge on any atom is -0.325 e. The van der Waals surface area contributed by atoms with Crippen LogP contribution in [0.25, 0.3) is 0 Å². The molecule has 1 unspecified atom stereocenters. The number of aromatic nitrogens is 1. The van der Waals surface area contributed by atoms with Gasteiger partial charge in [-0.05, 0) is 19.1 Å². The smallest absolute Gasteiger partial charge is 0.213 e. The molecule has 82 valence electrons. The van der Waals surface area contributed by atoms with Crippen LogP contribution in [0.15, 0.2) is 34.5 Å². The number of rotatable bonds is 2. The summed E-state index contributed by atoms with van der Waals surface area (Å²) in [6.45, 7) is 1.72. The summed E-state index contributed by atoms with van der Waals surface area (Å²) < 4.78 is 0. The van der Waals surface area contributed by atoms with E-state index < -0.39 is 11.1 Å². The molecule has 0 amide bonds. The molecule has 0 saturated carbocycles. The molecule has 16 heavy (non-hydrogen) atoms. The molecule has 1 aromatic heterocycles. The number of nitro groups is 1. The Morgan fingerprint density at radius 3 is 3.00 bits per heavy atom. The molecule has 1 aromatic rings. The van der Waals surface area contributed by atoms with Gasteiger partial charge in [0.2, 0.25) is 5.84 Å². The highest BCUT2D eigenvalue weighted by atomic mass is 16.7. The van der Waals surface area contributed by atoms with E-state index in [-0.39, 0.29) is 5.84 Å². The normalized spacial score (nSPS) is 21.7. The van der Waals surface area contributed by atoms with Crippen molar-refractivity contribution in [3.05, 3.63) is 40.2 Å². The fraction of sp³-hybridized carbons (Fsp3) is 0.222. The molecule has 0 bridgehead atoms. The summed E-state index contributed by atoms with van der Waals surface area (Å²) in [6.07, 6.45) is 1.61. The number of amidine groups is 2. The van der Waals surface area contributed by atoms with Gasteiger partial charge in [-0.1, -0.05) is 6.07 Å². The third-order valence-electron chi connectivity index (χ3n) is 2.05. The van der Waals surface area contributed by atoms with Crippen molar-refractivity contribution in [2.45, 2.75) is 13.0 Å². The Labute approximate surface area is 91.1 Å². The van der Waals surface area contributed by atoms with E-state index in [4.69, 9.17) is 0 Å².